The van der Waals surface area contributed by atoms with Gasteiger partial charge in [0.1, 0.15) is 33.5 Å². The number of benzene rings is 21. The number of para-hydroxylation sites is 3. The minimum atomic E-state index is 0.870. The molecule has 0 spiro atoms. The number of nitrogens with zero attached hydrogens (tertiary/aromatic N) is 1. The third-order valence-electron chi connectivity index (χ3n) is 24.2. The molecule has 0 bridgehead atoms. The smallest absolute Gasteiger partial charge is 0.136 e. The van der Waals surface area contributed by atoms with Gasteiger partial charge in [-0.05, 0) is 231 Å². The van der Waals surface area contributed by atoms with Crippen LogP contribution in [-0.4, -0.2) is 4.98 Å². The van der Waals surface area contributed by atoms with E-state index in [1.54, 1.807) is 0 Å². The van der Waals surface area contributed by atoms with Crippen molar-refractivity contribution in [2.45, 2.75) is 0 Å². The summed E-state index contributed by atoms with van der Waals surface area (Å²) in [4.78, 5) is 4.86. The van der Waals surface area contributed by atoms with Crippen molar-refractivity contribution >= 4 is 152 Å². The van der Waals surface area contributed by atoms with Crippen molar-refractivity contribution in [3.05, 3.63) is 431 Å². The minimum absolute atomic E-state index is 0.870. The Morgan fingerprint density at radius 2 is 0.454 bits per heavy atom. The molecule has 0 amide bonds. The van der Waals surface area contributed by atoms with Crippen LogP contribution >= 0.6 is 0 Å². The highest BCUT2D eigenvalue weighted by atomic mass is 16.3. The summed E-state index contributed by atoms with van der Waals surface area (Å²) in [6.07, 6.45) is 1.87. The summed E-state index contributed by atoms with van der Waals surface area (Å²) in [7, 11) is 0. The number of aromatic nitrogens is 1. The molecule has 0 fully saturated rings. The Bertz CT molecular complexity index is 8170. The first kappa shape index (κ1) is 68.8. The molecule has 0 aliphatic rings. The third-order valence-corrected chi connectivity index (χ3v) is 24.2. The average molecular weight is 1510 g/mol. The van der Waals surface area contributed by atoms with Gasteiger partial charge in [-0.2, -0.15) is 0 Å². The molecular formula is C115H71NO3. The molecule has 0 unspecified atom stereocenters. The van der Waals surface area contributed by atoms with Gasteiger partial charge in [0.25, 0.3) is 0 Å². The minimum Gasteiger partial charge on any atom is -0.456 e. The van der Waals surface area contributed by atoms with E-state index in [9.17, 15) is 0 Å². The monoisotopic (exact) mass is 1510 g/mol. The molecule has 4 heteroatoms. The van der Waals surface area contributed by atoms with Crippen LogP contribution in [0.4, 0.5) is 0 Å². The maximum absolute atomic E-state index is 6.56. The Morgan fingerprint density at radius 1 is 0.151 bits per heavy atom. The molecule has 25 rings (SSSR count). The van der Waals surface area contributed by atoms with Gasteiger partial charge in [-0.15, -0.1) is 0 Å². The summed E-state index contributed by atoms with van der Waals surface area (Å²) in [5, 5.41) is 26.8. The Balaban J connectivity index is 0.000000106. The lowest BCUT2D eigenvalue weighted by Crippen LogP contribution is -1.94. The molecule has 0 saturated carbocycles. The Hall–Kier alpha value is -15.8. The lowest BCUT2D eigenvalue weighted by Gasteiger charge is -2.21. The highest BCUT2D eigenvalue weighted by molar-refractivity contribution is 6.30. The number of hydrogen-bond acceptors (Lipinski definition) is 4. The Morgan fingerprint density at radius 3 is 0.882 bits per heavy atom. The summed E-state index contributed by atoms with van der Waals surface area (Å²) < 4.78 is 19.0. The second-order valence-corrected chi connectivity index (χ2v) is 30.8. The lowest BCUT2D eigenvalue weighted by molar-refractivity contribution is 0.668. The summed E-state index contributed by atoms with van der Waals surface area (Å²) in [5.74, 6) is 0. The zero-order valence-corrected chi connectivity index (χ0v) is 64.7. The zero-order chi connectivity index (χ0) is 78.4. The fraction of sp³-hybridized carbons (Fsp3) is 0. The molecule has 554 valence electrons. The van der Waals surface area contributed by atoms with E-state index in [0.717, 1.165) is 82.6 Å². The fourth-order valence-corrected chi connectivity index (χ4v) is 19.3. The molecule has 0 radical (unpaired) electrons. The largest absolute Gasteiger partial charge is 0.456 e. The highest BCUT2D eigenvalue weighted by Crippen LogP contribution is 2.54. The van der Waals surface area contributed by atoms with E-state index in [-0.39, 0.29) is 0 Å². The Labute approximate surface area is 685 Å². The maximum Gasteiger partial charge on any atom is 0.136 e. The van der Waals surface area contributed by atoms with Crippen molar-refractivity contribution in [1.29, 1.82) is 0 Å². The number of fused-ring (bicyclic) bond motifs is 18. The van der Waals surface area contributed by atoms with E-state index in [4.69, 9.17) is 18.2 Å². The molecule has 0 saturated heterocycles. The SMILES string of the molecule is c1ccc(-c2c3ccccc3c(-c3ccc4oc5ccccc5c4c3)c3ccccc23)cc1.c1ccc(-c2c3ccccc3c(-c3ccc4oc5ccccc5c4c3-c3cc4ccccc4c4ccccc34)c3ccccc23)cc1.c1ccc(-c2c3ccccc3c(-c3ccc4oc5ccccc5c4c3-c3ccccn3)c3ccccc23)cc1. The van der Waals surface area contributed by atoms with Gasteiger partial charge in [0, 0.05) is 49.6 Å². The van der Waals surface area contributed by atoms with Crippen LogP contribution in [0.2, 0.25) is 0 Å². The van der Waals surface area contributed by atoms with E-state index < -0.39 is 0 Å². The van der Waals surface area contributed by atoms with Crippen LogP contribution in [0, 0.1) is 0 Å². The van der Waals surface area contributed by atoms with Crippen LogP contribution in [0.3, 0.4) is 0 Å². The first-order chi connectivity index (χ1) is 59.1. The van der Waals surface area contributed by atoms with Crippen LogP contribution < -0.4 is 0 Å². The topological polar surface area (TPSA) is 52.3 Å². The average Bonchev–Trinajstić information content (AvgIpc) is 1.04. The molecule has 4 aromatic heterocycles. The molecule has 0 aliphatic heterocycles. The van der Waals surface area contributed by atoms with Gasteiger partial charge in [-0.1, -0.05) is 352 Å². The molecule has 25 aromatic rings. The van der Waals surface area contributed by atoms with Crippen molar-refractivity contribution in [3.8, 4) is 89.1 Å². The normalized spacial score (nSPS) is 11.7. The van der Waals surface area contributed by atoms with E-state index in [0.29, 0.717) is 0 Å². The predicted octanol–water partition coefficient (Wildman–Crippen LogP) is 32.7. The Kier molecular flexibility index (Phi) is 16.6. The van der Waals surface area contributed by atoms with Crippen molar-refractivity contribution in [3.63, 3.8) is 0 Å². The predicted molar refractivity (Wildman–Crippen MR) is 502 cm³/mol. The standard InChI is InChI=1S/C46H28O.C37H23NO.C32H20O/c1-2-14-29(15-3-1)43-34-20-8-10-22-36(34)44(37-23-11-9-21-35(37)43)39-26-27-42-46(38-24-12-13-25-41(38)47-42)45(39)40-28-30-16-4-5-17-31(30)32-18-6-7-19-33(32)40;1-2-12-24(13-3-1)34-25-14-4-6-16-27(25)35(28-17-7-5-15-26(28)34)30-21-22-33-37(29-18-8-9-20-32(29)39-33)36(30)31-19-10-11-23-38-31;1-2-10-21(11-3-1)31-24-13-4-6-15-26(24)32(27-16-7-5-14-25(27)31)22-18-19-30-28(20-22)23-12-8-9-17-29(23)33-30/h1-28H;1-23H;1-20H. The van der Waals surface area contributed by atoms with E-state index in [2.05, 4.69) is 394 Å². The summed E-state index contributed by atoms with van der Waals surface area (Å²) in [6.45, 7) is 0. The summed E-state index contributed by atoms with van der Waals surface area (Å²) in [6, 6.07) is 152. The molecule has 0 N–H and O–H groups in total. The van der Waals surface area contributed by atoms with Gasteiger partial charge in [0.05, 0.1) is 5.69 Å². The molecular weight excluding hydrogens is 1440 g/mol. The number of pyridine rings is 1. The zero-order valence-electron chi connectivity index (χ0n) is 64.7. The molecule has 0 aliphatic carbocycles. The number of rotatable bonds is 8. The van der Waals surface area contributed by atoms with Crippen LogP contribution in [0.5, 0.6) is 0 Å². The van der Waals surface area contributed by atoms with Crippen molar-refractivity contribution in [2.24, 2.45) is 0 Å². The van der Waals surface area contributed by atoms with Gasteiger partial charge in [-0.25, -0.2) is 0 Å². The van der Waals surface area contributed by atoms with Gasteiger partial charge in [-0.3, -0.25) is 4.98 Å². The van der Waals surface area contributed by atoms with Gasteiger partial charge >= 0.3 is 0 Å². The second kappa shape index (κ2) is 28.7. The van der Waals surface area contributed by atoms with E-state index >= 15 is 0 Å². The number of furan rings is 3. The van der Waals surface area contributed by atoms with Crippen LogP contribution in [0.1, 0.15) is 0 Å². The van der Waals surface area contributed by atoms with Gasteiger partial charge in [0.15, 0.2) is 0 Å². The summed E-state index contributed by atoms with van der Waals surface area (Å²) >= 11 is 0. The quantitative estimate of drug-likeness (QED) is 0.112. The molecule has 119 heavy (non-hydrogen) atoms. The molecule has 4 nitrogen and oxygen atoms in total. The van der Waals surface area contributed by atoms with Crippen LogP contribution in [-0.2, 0) is 0 Å². The molecule has 21 aromatic carbocycles. The van der Waals surface area contributed by atoms with Crippen molar-refractivity contribution in [2.75, 3.05) is 0 Å². The highest BCUT2D eigenvalue weighted by Gasteiger charge is 2.28. The van der Waals surface area contributed by atoms with Crippen LogP contribution in [0.25, 0.3) is 241 Å². The van der Waals surface area contributed by atoms with Gasteiger partial charge < -0.3 is 13.3 Å². The second-order valence-electron chi connectivity index (χ2n) is 30.8. The van der Waals surface area contributed by atoms with Crippen LogP contribution in [0.15, 0.2) is 444 Å². The van der Waals surface area contributed by atoms with E-state index in [1.165, 1.54) is 159 Å². The molecule has 0 atom stereocenters. The number of hydrogen-bond donors (Lipinski definition) is 0. The maximum atomic E-state index is 6.56. The van der Waals surface area contributed by atoms with Crippen molar-refractivity contribution in [1.82, 2.24) is 4.98 Å². The third kappa shape index (κ3) is 11.4. The van der Waals surface area contributed by atoms with Gasteiger partial charge in [0.2, 0.25) is 0 Å². The van der Waals surface area contributed by atoms with Crippen molar-refractivity contribution < 1.29 is 13.3 Å². The fourth-order valence-electron chi connectivity index (χ4n) is 19.3. The molecule has 4 heterocycles. The summed E-state index contributed by atoms with van der Waals surface area (Å²) in [5.41, 5.74) is 24.7. The van der Waals surface area contributed by atoms with E-state index in [1.807, 2.05) is 36.5 Å². The lowest BCUT2D eigenvalue weighted by atomic mass is 9.81. The first-order valence-electron chi connectivity index (χ1n) is 40.7. The first-order valence-corrected chi connectivity index (χ1v) is 40.7.